The SMILES string of the molecule is CCC(CN)N1CCN(C(=O)c2cccc(O)c2)CC1. The molecule has 1 atom stereocenters. The minimum absolute atomic E-state index is 0.0126. The lowest BCUT2D eigenvalue weighted by molar-refractivity contribution is 0.0571. The summed E-state index contributed by atoms with van der Waals surface area (Å²) in [6.07, 6.45) is 1.04. The van der Waals surface area contributed by atoms with Gasteiger partial charge in [0, 0.05) is 44.3 Å². The molecule has 0 spiro atoms. The van der Waals surface area contributed by atoms with Gasteiger partial charge in [-0.3, -0.25) is 9.69 Å². The topological polar surface area (TPSA) is 69.8 Å². The number of hydrogen-bond donors (Lipinski definition) is 2. The fourth-order valence-corrected chi connectivity index (χ4v) is 2.69. The average Bonchev–Trinajstić information content (AvgIpc) is 2.48. The van der Waals surface area contributed by atoms with E-state index in [0.29, 0.717) is 31.2 Å². The normalized spacial score (nSPS) is 18.0. The molecule has 5 nitrogen and oxygen atoms in total. The van der Waals surface area contributed by atoms with E-state index in [9.17, 15) is 9.90 Å². The van der Waals surface area contributed by atoms with Crippen molar-refractivity contribution in [2.24, 2.45) is 5.73 Å². The summed E-state index contributed by atoms with van der Waals surface area (Å²) in [5.74, 6) is 0.116. The molecule has 0 radical (unpaired) electrons. The Labute approximate surface area is 120 Å². The van der Waals surface area contributed by atoms with Gasteiger partial charge in [0.1, 0.15) is 5.75 Å². The lowest BCUT2D eigenvalue weighted by Crippen LogP contribution is -2.53. The first-order valence-corrected chi connectivity index (χ1v) is 7.18. The van der Waals surface area contributed by atoms with E-state index in [-0.39, 0.29) is 11.7 Å². The Morgan fingerprint density at radius 1 is 1.35 bits per heavy atom. The predicted octanol–water partition coefficient (Wildman–Crippen LogP) is 0.887. The van der Waals surface area contributed by atoms with E-state index in [1.165, 1.54) is 6.07 Å². The number of nitrogens with zero attached hydrogens (tertiary/aromatic N) is 2. The monoisotopic (exact) mass is 277 g/mol. The van der Waals surface area contributed by atoms with Crippen LogP contribution in [0.25, 0.3) is 0 Å². The highest BCUT2D eigenvalue weighted by Gasteiger charge is 2.25. The number of phenols is 1. The van der Waals surface area contributed by atoms with E-state index in [1.807, 2.05) is 4.90 Å². The van der Waals surface area contributed by atoms with Gasteiger partial charge in [-0.05, 0) is 24.6 Å². The minimum atomic E-state index is -0.0126. The molecule has 0 aromatic heterocycles. The van der Waals surface area contributed by atoms with Crippen LogP contribution >= 0.6 is 0 Å². The van der Waals surface area contributed by atoms with E-state index in [4.69, 9.17) is 5.73 Å². The summed E-state index contributed by atoms with van der Waals surface area (Å²) in [7, 11) is 0. The summed E-state index contributed by atoms with van der Waals surface area (Å²) in [5.41, 5.74) is 6.31. The maximum absolute atomic E-state index is 12.3. The molecule has 0 aliphatic carbocycles. The molecule has 1 heterocycles. The first-order valence-electron chi connectivity index (χ1n) is 7.18. The largest absolute Gasteiger partial charge is 0.508 e. The number of phenolic OH excluding ortho intramolecular Hbond substituents is 1. The maximum atomic E-state index is 12.3. The molecule has 20 heavy (non-hydrogen) atoms. The minimum Gasteiger partial charge on any atom is -0.508 e. The van der Waals surface area contributed by atoms with Crippen LogP contribution in [0.1, 0.15) is 23.7 Å². The molecule has 1 aromatic rings. The molecule has 110 valence electrons. The van der Waals surface area contributed by atoms with E-state index in [2.05, 4.69) is 11.8 Å². The number of hydrogen-bond acceptors (Lipinski definition) is 4. The molecule has 1 fully saturated rings. The first-order chi connectivity index (χ1) is 9.65. The van der Waals surface area contributed by atoms with Crippen LogP contribution in [0, 0.1) is 0 Å². The molecular weight excluding hydrogens is 254 g/mol. The van der Waals surface area contributed by atoms with E-state index in [0.717, 1.165) is 19.5 Å². The molecule has 1 aromatic carbocycles. The molecule has 5 heteroatoms. The van der Waals surface area contributed by atoms with E-state index >= 15 is 0 Å². The summed E-state index contributed by atoms with van der Waals surface area (Å²) in [4.78, 5) is 16.5. The van der Waals surface area contributed by atoms with Crippen molar-refractivity contribution >= 4 is 5.91 Å². The second-order valence-corrected chi connectivity index (χ2v) is 5.18. The number of rotatable bonds is 4. The number of carbonyl (C=O) groups is 1. The molecule has 1 amide bonds. The molecule has 1 saturated heterocycles. The van der Waals surface area contributed by atoms with Gasteiger partial charge in [-0.2, -0.15) is 0 Å². The molecule has 0 saturated carbocycles. The van der Waals surface area contributed by atoms with Gasteiger partial charge in [-0.15, -0.1) is 0 Å². The van der Waals surface area contributed by atoms with Gasteiger partial charge in [0.15, 0.2) is 0 Å². The van der Waals surface area contributed by atoms with Gasteiger partial charge in [0.05, 0.1) is 0 Å². The molecule has 0 bridgehead atoms. The van der Waals surface area contributed by atoms with Crippen molar-refractivity contribution in [1.82, 2.24) is 9.80 Å². The maximum Gasteiger partial charge on any atom is 0.254 e. The number of carbonyl (C=O) groups excluding carboxylic acids is 1. The number of amides is 1. The lowest BCUT2D eigenvalue weighted by Gasteiger charge is -2.38. The third-order valence-corrected chi connectivity index (χ3v) is 3.95. The zero-order valence-corrected chi connectivity index (χ0v) is 12.0. The van der Waals surface area contributed by atoms with Crippen molar-refractivity contribution in [2.45, 2.75) is 19.4 Å². The Kier molecular flexibility index (Phi) is 4.98. The van der Waals surface area contributed by atoms with Crippen LogP contribution in [0.2, 0.25) is 0 Å². The zero-order chi connectivity index (χ0) is 14.5. The van der Waals surface area contributed by atoms with Crippen LogP contribution in [0.3, 0.4) is 0 Å². The first kappa shape index (κ1) is 14.8. The van der Waals surface area contributed by atoms with Crippen LogP contribution in [-0.2, 0) is 0 Å². The summed E-state index contributed by atoms with van der Waals surface area (Å²) < 4.78 is 0. The summed E-state index contributed by atoms with van der Waals surface area (Å²) in [6, 6.07) is 6.93. The van der Waals surface area contributed by atoms with Crippen LogP contribution in [-0.4, -0.2) is 59.6 Å². The number of benzene rings is 1. The Morgan fingerprint density at radius 2 is 2.05 bits per heavy atom. The Hall–Kier alpha value is -1.59. The fraction of sp³-hybridized carbons (Fsp3) is 0.533. The molecular formula is C15H23N3O2. The van der Waals surface area contributed by atoms with Crippen molar-refractivity contribution in [3.63, 3.8) is 0 Å². The van der Waals surface area contributed by atoms with Crippen molar-refractivity contribution < 1.29 is 9.90 Å². The van der Waals surface area contributed by atoms with Gasteiger partial charge in [0.2, 0.25) is 0 Å². The van der Waals surface area contributed by atoms with E-state index < -0.39 is 0 Å². The molecule has 1 aliphatic heterocycles. The smallest absolute Gasteiger partial charge is 0.254 e. The zero-order valence-electron chi connectivity index (χ0n) is 12.0. The van der Waals surface area contributed by atoms with Gasteiger partial charge in [0.25, 0.3) is 5.91 Å². The standard InChI is InChI=1S/C15H23N3O2/c1-2-13(11-16)17-6-8-18(9-7-17)15(20)12-4-3-5-14(19)10-12/h3-5,10,13,19H,2,6-9,11,16H2,1H3. The quantitative estimate of drug-likeness (QED) is 0.857. The second kappa shape index (κ2) is 6.72. The number of aromatic hydroxyl groups is 1. The second-order valence-electron chi connectivity index (χ2n) is 5.18. The van der Waals surface area contributed by atoms with Gasteiger partial charge >= 0.3 is 0 Å². The number of nitrogens with two attached hydrogens (primary N) is 1. The van der Waals surface area contributed by atoms with Crippen LogP contribution < -0.4 is 5.73 Å². The highest BCUT2D eigenvalue weighted by atomic mass is 16.3. The summed E-state index contributed by atoms with van der Waals surface area (Å²) in [5, 5.41) is 9.45. The van der Waals surface area contributed by atoms with Crippen molar-refractivity contribution in [3.05, 3.63) is 29.8 Å². The van der Waals surface area contributed by atoms with Gasteiger partial charge in [-0.25, -0.2) is 0 Å². The third-order valence-electron chi connectivity index (χ3n) is 3.95. The van der Waals surface area contributed by atoms with Crippen LogP contribution in [0.15, 0.2) is 24.3 Å². The van der Waals surface area contributed by atoms with Crippen LogP contribution in [0.4, 0.5) is 0 Å². The average molecular weight is 277 g/mol. The van der Waals surface area contributed by atoms with Gasteiger partial charge in [-0.1, -0.05) is 13.0 Å². The number of piperazine rings is 1. The van der Waals surface area contributed by atoms with E-state index in [1.54, 1.807) is 18.2 Å². The highest BCUT2D eigenvalue weighted by molar-refractivity contribution is 5.94. The van der Waals surface area contributed by atoms with Crippen LogP contribution in [0.5, 0.6) is 5.75 Å². The van der Waals surface area contributed by atoms with Crippen molar-refractivity contribution in [3.8, 4) is 5.75 Å². The Morgan fingerprint density at radius 3 is 2.60 bits per heavy atom. The van der Waals surface area contributed by atoms with Crippen molar-refractivity contribution in [2.75, 3.05) is 32.7 Å². The molecule has 1 aliphatic rings. The highest BCUT2D eigenvalue weighted by Crippen LogP contribution is 2.15. The Bertz CT molecular complexity index is 452. The van der Waals surface area contributed by atoms with Gasteiger partial charge < -0.3 is 15.7 Å². The predicted molar refractivity (Wildman–Crippen MR) is 78.7 cm³/mol. The third kappa shape index (κ3) is 3.29. The fourth-order valence-electron chi connectivity index (χ4n) is 2.69. The van der Waals surface area contributed by atoms with Crippen molar-refractivity contribution in [1.29, 1.82) is 0 Å². The molecule has 3 N–H and O–H groups in total. The summed E-state index contributed by atoms with van der Waals surface area (Å²) in [6.45, 7) is 5.95. The summed E-state index contributed by atoms with van der Waals surface area (Å²) >= 11 is 0. The lowest BCUT2D eigenvalue weighted by atomic mass is 10.1. The molecule has 1 unspecified atom stereocenters. The molecule has 2 rings (SSSR count). The Balaban J connectivity index is 1.95.